The van der Waals surface area contributed by atoms with Gasteiger partial charge in [-0.15, -0.1) is 0 Å². The van der Waals surface area contributed by atoms with Crippen LogP contribution < -0.4 is 0 Å². The minimum absolute atomic E-state index is 0.0621. The van der Waals surface area contributed by atoms with E-state index in [-0.39, 0.29) is 6.42 Å². The number of H-pyrrole nitrogens is 1. The number of rotatable bonds is 3. The van der Waals surface area contributed by atoms with Gasteiger partial charge in [-0.25, -0.2) is 0 Å². The van der Waals surface area contributed by atoms with E-state index in [1.807, 2.05) is 49.4 Å². The van der Waals surface area contributed by atoms with Crippen LogP contribution in [0.25, 0.3) is 22.2 Å². The highest BCUT2D eigenvalue weighted by molar-refractivity contribution is 6.36. The zero-order valence-corrected chi connectivity index (χ0v) is 12.2. The van der Waals surface area contributed by atoms with Gasteiger partial charge in [-0.3, -0.25) is 4.79 Å². The second kappa shape index (κ2) is 5.26. The molecule has 0 bridgehead atoms. The molecule has 0 aliphatic rings. The molecule has 0 fully saturated rings. The first-order valence-electron chi connectivity index (χ1n) is 6.65. The van der Waals surface area contributed by atoms with Crippen LogP contribution in [0.4, 0.5) is 0 Å². The Bertz CT molecular complexity index is 822. The summed E-state index contributed by atoms with van der Waals surface area (Å²) in [4.78, 5) is 14.6. The third-order valence-electron chi connectivity index (χ3n) is 3.61. The summed E-state index contributed by atoms with van der Waals surface area (Å²) in [6.07, 6.45) is -0.0621. The molecule has 0 radical (unpaired) electrons. The third kappa shape index (κ3) is 2.41. The molecule has 21 heavy (non-hydrogen) atoms. The van der Waals surface area contributed by atoms with Crippen LogP contribution in [0.15, 0.2) is 42.5 Å². The summed E-state index contributed by atoms with van der Waals surface area (Å²) in [5, 5.41) is 10.6. The van der Waals surface area contributed by atoms with E-state index in [9.17, 15) is 9.90 Å². The zero-order chi connectivity index (χ0) is 15.0. The molecule has 3 aromatic rings. The summed E-state index contributed by atoms with van der Waals surface area (Å²) in [5.41, 5.74) is 4.46. The molecule has 106 valence electrons. The lowest BCUT2D eigenvalue weighted by Gasteiger charge is -2.03. The molecule has 0 saturated heterocycles. The van der Waals surface area contributed by atoms with E-state index in [1.54, 1.807) is 0 Å². The minimum atomic E-state index is -0.870. The summed E-state index contributed by atoms with van der Waals surface area (Å²) < 4.78 is 0. The van der Waals surface area contributed by atoms with Crippen LogP contribution in [0.5, 0.6) is 0 Å². The topological polar surface area (TPSA) is 53.1 Å². The first-order chi connectivity index (χ1) is 10.1. The van der Waals surface area contributed by atoms with Gasteiger partial charge in [0.05, 0.1) is 22.7 Å². The molecule has 2 N–H and O–H groups in total. The number of benzene rings is 2. The molecule has 0 atom stereocenters. The normalized spacial score (nSPS) is 11.0. The largest absolute Gasteiger partial charge is 0.481 e. The predicted octanol–water partition coefficient (Wildman–Crippen LogP) is 4.42. The van der Waals surface area contributed by atoms with Gasteiger partial charge < -0.3 is 10.1 Å². The molecule has 0 spiro atoms. The fourth-order valence-electron chi connectivity index (χ4n) is 2.64. The number of aromatic amines is 1. The molecule has 0 amide bonds. The van der Waals surface area contributed by atoms with E-state index in [0.717, 1.165) is 33.3 Å². The van der Waals surface area contributed by atoms with Gasteiger partial charge in [0.15, 0.2) is 0 Å². The Morgan fingerprint density at radius 2 is 1.90 bits per heavy atom. The van der Waals surface area contributed by atoms with Crippen molar-refractivity contribution < 1.29 is 9.90 Å². The van der Waals surface area contributed by atoms with Crippen LogP contribution in [0.2, 0.25) is 5.02 Å². The molecule has 0 unspecified atom stereocenters. The standard InChI is InChI=1S/C17H14ClNO2/c1-10-7-8-13(18)15-12(9-14(20)21)17(19-16(10)15)11-5-3-2-4-6-11/h2-8,19H,9H2,1H3,(H,20,21). The summed E-state index contributed by atoms with van der Waals surface area (Å²) in [5.74, 6) is -0.870. The average molecular weight is 300 g/mol. The van der Waals surface area contributed by atoms with Crippen LogP contribution >= 0.6 is 11.6 Å². The maximum Gasteiger partial charge on any atom is 0.307 e. The zero-order valence-electron chi connectivity index (χ0n) is 11.5. The lowest BCUT2D eigenvalue weighted by molar-refractivity contribution is -0.136. The number of halogens is 1. The molecule has 3 rings (SSSR count). The Morgan fingerprint density at radius 3 is 2.57 bits per heavy atom. The van der Waals surface area contributed by atoms with Gasteiger partial charge in [-0.1, -0.05) is 48.0 Å². The van der Waals surface area contributed by atoms with Gasteiger partial charge in [-0.05, 0) is 29.7 Å². The SMILES string of the molecule is Cc1ccc(Cl)c2c(CC(=O)O)c(-c3ccccc3)[nH]c12. The monoisotopic (exact) mass is 299 g/mol. The Hall–Kier alpha value is -2.26. The van der Waals surface area contributed by atoms with Crippen LogP contribution in [0.1, 0.15) is 11.1 Å². The Kier molecular flexibility index (Phi) is 3.43. The molecule has 2 aromatic carbocycles. The van der Waals surface area contributed by atoms with Crippen molar-refractivity contribution in [1.29, 1.82) is 0 Å². The summed E-state index contributed by atoms with van der Waals surface area (Å²) in [7, 11) is 0. The highest BCUT2D eigenvalue weighted by atomic mass is 35.5. The number of fused-ring (bicyclic) bond motifs is 1. The maximum absolute atomic E-state index is 11.2. The van der Waals surface area contributed by atoms with E-state index in [0.29, 0.717) is 5.02 Å². The van der Waals surface area contributed by atoms with Gasteiger partial charge in [0, 0.05) is 5.39 Å². The Labute approximate surface area is 127 Å². The van der Waals surface area contributed by atoms with Crippen molar-refractivity contribution in [1.82, 2.24) is 4.98 Å². The number of nitrogens with one attached hydrogen (secondary N) is 1. The van der Waals surface area contributed by atoms with Crippen molar-refractivity contribution in [3.8, 4) is 11.3 Å². The predicted molar refractivity (Wildman–Crippen MR) is 84.8 cm³/mol. The fourth-order valence-corrected chi connectivity index (χ4v) is 2.91. The highest BCUT2D eigenvalue weighted by Crippen LogP contribution is 2.36. The van der Waals surface area contributed by atoms with Crippen molar-refractivity contribution in [3.63, 3.8) is 0 Å². The number of carboxylic acids is 1. The summed E-state index contributed by atoms with van der Waals surface area (Å²) >= 11 is 6.31. The number of carboxylic acid groups (broad SMARTS) is 1. The number of hydrogen-bond acceptors (Lipinski definition) is 1. The van der Waals surface area contributed by atoms with Crippen molar-refractivity contribution in [2.45, 2.75) is 13.3 Å². The molecule has 0 aliphatic heterocycles. The van der Waals surface area contributed by atoms with Gasteiger partial charge in [-0.2, -0.15) is 0 Å². The number of aliphatic carboxylic acids is 1. The van der Waals surface area contributed by atoms with Crippen molar-refractivity contribution in [2.75, 3.05) is 0 Å². The molecule has 0 saturated carbocycles. The summed E-state index contributed by atoms with van der Waals surface area (Å²) in [6, 6.07) is 13.5. The van der Waals surface area contributed by atoms with Crippen molar-refractivity contribution >= 4 is 28.5 Å². The van der Waals surface area contributed by atoms with Gasteiger partial charge in [0.1, 0.15) is 0 Å². The smallest absolute Gasteiger partial charge is 0.307 e. The quantitative estimate of drug-likeness (QED) is 0.752. The molecule has 4 heteroatoms. The molecule has 1 heterocycles. The minimum Gasteiger partial charge on any atom is -0.481 e. The first-order valence-corrected chi connectivity index (χ1v) is 7.02. The second-order valence-corrected chi connectivity index (χ2v) is 5.44. The first kappa shape index (κ1) is 13.7. The number of carbonyl (C=O) groups is 1. The number of aromatic nitrogens is 1. The average Bonchev–Trinajstić information content (AvgIpc) is 2.84. The van der Waals surface area contributed by atoms with E-state index >= 15 is 0 Å². The van der Waals surface area contributed by atoms with Crippen molar-refractivity contribution in [3.05, 3.63) is 58.6 Å². The third-order valence-corrected chi connectivity index (χ3v) is 3.92. The summed E-state index contributed by atoms with van der Waals surface area (Å²) in [6.45, 7) is 1.98. The number of hydrogen-bond donors (Lipinski definition) is 2. The second-order valence-electron chi connectivity index (χ2n) is 5.03. The molecule has 0 aliphatic carbocycles. The molecule has 3 nitrogen and oxygen atoms in total. The van der Waals surface area contributed by atoms with Crippen LogP contribution in [-0.4, -0.2) is 16.1 Å². The lowest BCUT2D eigenvalue weighted by Crippen LogP contribution is -2.01. The van der Waals surface area contributed by atoms with E-state index in [4.69, 9.17) is 11.6 Å². The Balaban J connectivity index is 2.36. The van der Waals surface area contributed by atoms with E-state index in [2.05, 4.69) is 4.98 Å². The van der Waals surface area contributed by atoms with Gasteiger partial charge >= 0.3 is 5.97 Å². The van der Waals surface area contributed by atoms with E-state index < -0.39 is 5.97 Å². The number of aryl methyl sites for hydroxylation is 1. The van der Waals surface area contributed by atoms with Gasteiger partial charge in [0.25, 0.3) is 0 Å². The van der Waals surface area contributed by atoms with E-state index in [1.165, 1.54) is 0 Å². The fraction of sp³-hybridized carbons (Fsp3) is 0.118. The molecule has 1 aromatic heterocycles. The lowest BCUT2D eigenvalue weighted by atomic mass is 10.0. The van der Waals surface area contributed by atoms with Crippen LogP contribution in [0, 0.1) is 6.92 Å². The Morgan fingerprint density at radius 1 is 1.19 bits per heavy atom. The molecular formula is C17H14ClNO2. The molecular weight excluding hydrogens is 286 g/mol. The maximum atomic E-state index is 11.2. The van der Waals surface area contributed by atoms with Gasteiger partial charge in [0.2, 0.25) is 0 Å². The van der Waals surface area contributed by atoms with Crippen molar-refractivity contribution in [2.24, 2.45) is 0 Å². The highest BCUT2D eigenvalue weighted by Gasteiger charge is 2.18. The van der Waals surface area contributed by atoms with Crippen LogP contribution in [-0.2, 0) is 11.2 Å². The van der Waals surface area contributed by atoms with Crippen LogP contribution in [0.3, 0.4) is 0 Å².